The monoisotopic (exact) mass is 486 g/mol. The van der Waals surface area contributed by atoms with Gasteiger partial charge in [0.05, 0.1) is 5.69 Å². The first-order chi connectivity index (χ1) is 17.4. The molecule has 1 heterocycles. The van der Waals surface area contributed by atoms with Crippen molar-refractivity contribution in [3.05, 3.63) is 89.0 Å². The smallest absolute Gasteiger partial charge is 0.265 e. The summed E-state index contributed by atoms with van der Waals surface area (Å²) in [6.45, 7) is 4.58. The molecule has 0 saturated carbocycles. The van der Waals surface area contributed by atoms with E-state index in [0.29, 0.717) is 42.3 Å². The highest BCUT2D eigenvalue weighted by Crippen LogP contribution is 2.33. The molecule has 36 heavy (non-hydrogen) atoms. The number of ether oxygens (including phenoxy) is 2. The molecule has 0 saturated heterocycles. The highest BCUT2D eigenvalue weighted by Gasteiger charge is 2.26. The molecule has 0 unspecified atom stereocenters. The van der Waals surface area contributed by atoms with Crippen LogP contribution in [-0.2, 0) is 16.1 Å². The van der Waals surface area contributed by atoms with Crippen molar-refractivity contribution < 1.29 is 23.9 Å². The molecule has 3 aromatic carbocycles. The number of Topliss-reactive ketones (excluding diaryl/α,β-unsaturated/α-hetero) is 1. The zero-order chi connectivity index (χ0) is 25.5. The van der Waals surface area contributed by atoms with Crippen molar-refractivity contribution in [3.8, 4) is 11.5 Å². The first kappa shape index (κ1) is 25.0. The van der Waals surface area contributed by atoms with Gasteiger partial charge in [0.1, 0.15) is 11.5 Å². The molecule has 0 radical (unpaired) electrons. The van der Waals surface area contributed by atoms with Crippen molar-refractivity contribution in [2.45, 2.75) is 33.2 Å². The molecule has 0 bridgehead atoms. The van der Waals surface area contributed by atoms with Crippen LogP contribution in [0.5, 0.6) is 11.5 Å². The van der Waals surface area contributed by atoms with Gasteiger partial charge in [-0.2, -0.15) is 0 Å². The summed E-state index contributed by atoms with van der Waals surface area (Å²) in [4.78, 5) is 39.3. The third-order valence-electron chi connectivity index (χ3n) is 6.26. The molecule has 2 amide bonds. The number of nitrogens with zero attached hydrogens (tertiary/aromatic N) is 1. The van der Waals surface area contributed by atoms with Gasteiger partial charge in [-0.3, -0.25) is 14.4 Å². The van der Waals surface area contributed by atoms with Crippen LogP contribution in [0.1, 0.15) is 39.9 Å². The van der Waals surface area contributed by atoms with Crippen molar-refractivity contribution >= 4 is 23.3 Å². The Bertz CT molecular complexity index is 1260. The topological polar surface area (TPSA) is 84.9 Å². The fourth-order valence-corrected chi connectivity index (χ4v) is 4.01. The minimum Gasteiger partial charge on any atom is -0.485 e. The summed E-state index contributed by atoms with van der Waals surface area (Å²) < 4.78 is 11.3. The Morgan fingerprint density at radius 1 is 1.03 bits per heavy atom. The van der Waals surface area contributed by atoms with Crippen LogP contribution in [0.25, 0.3) is 0 Å². The number of rotatable bonds is 10. The average Bonchev–Trinajstić information content (AvgIpc) is 2.89. The van der Waals surface area contributed by atoms with Crippen LogP contribution >= 0.6 is 0 Å². The largest absolute Gasteiger partial charge is 0.485 e. The van der Waals surface area contributed by atoms with Crippen LogP contribution in [0.3, 0.4) is 0 Å². The summed E-state index contributed by atoms with van der Waals surface area (Å²) >= 11 is 0. The van der Waals surface area contributed by atoms with E-state index in [2.05, 4.69) is 5.32 Å². The molecule has 0 fully saturated rings. The van der Waals surface area contributed by atoms with Crippen LogP contribution in [-0.4, -0.2) is 37.4 Å². The molecule has 186 valence electrons. The van der Waals surface area contributed by atoms with Gasteiger partial charge in [0, 0.05) is 25.1 Å². The highest BCUT2D eigenvalue weighted by atomic mass is 16.5. The molecule has 1 aliphatic heterocycles. The van der Waals surface area contributed by atoms with Crippen molar-refractivity contribution in [1.29, 1.82) is 0 Å². The molecular formula is C29H30N2O5. The fraction of sp³-hybridized carbons (Fsp3) is 0.276. The number of ketones is 1. The first-order valence-corrected chi connectivity index (χ1v) is 12.0. The van der Waals surface area contributed by atoms with Crippen molar-refractivity contribution in [3.63, 3.8) is 0 Å². The summed E-state index contributed by atoms with van der Waals surface area (Å²) in [7, 11) is 0. The van der Waals surface area contributed by atoms with Crippen molar-refractivity contribution in [1.82, 2.24) is 5.32 Å². The van der Waals surface area contributed by atoms with E-state index in [1.807, 2.05) is 62.4 Å². The molecule has 0 atom stereocenters. The number of hydrogen-bond acceptors (Lipinski definition) is 5. The Morgan fingerprint density at radius 2 is 1.83 bits per heavy atom. The summed E-state index contributed by atoms with van der Waals surface area (Å²) in [5.74, 6) is 0.731. The molecule has 0 aromatic heterocycles. The molecule has 4 rings (SSSR count). The number of carbonyl (C=O) groups excluding carboxylic acids is 3. The molecular weight excluding hydrogens is 456 g/mol. The normalized spacial score (nSPS) is 12.5. The lowest BCUT2D eigenvalue weighted by Gasteiger charge is -2.29. The minimum absolute atomic E-state index is 0.0732. The van der Waals surface area contributed by atoms with Crippen LogP contribution in [0.15, 0.2) is 66.7 Å². The van der Waals surface area contributed by atoms with E-state index in [0.717, 1.165) is 16.7 Å². The van der Waals surface area contributed by atoms with Gasteiger partial charge in [-0.15, -0.1) is 0 Å². The van der Waals surface area contributed by atoms with Crippen LogP contribution < -0.4 is 19.7 Å². The Labute approximate surface area is 211 Å². The van der Waals surface area contributed by atoms with Gasteiger partial charge in [0.15, 0.2) is 19.0 Å². The predicted octanol–water partition coefficient (Wildman–Crippen LogP) is 4.39. The lowest BCUT2D eigenvalue weighted by molar-refractivity contribution is -0.123. The first-order valence-electron chi connectivity index (χ1n) is 12.0. The predicted molar refractivity (Wildman–Crippen MR) is 138 cm³/mol. The third-order valence-corrected chi connectivity index (χ3v) is 6.26. The van der Waals surface area contributed by atoms with Gasteiger partial charge >= 0.3 is 0 Å². The molecule has 7 heteroatoms. The second-order valence-electron chi connectivity index (χ2n) is 8.79. The molecule has 0 spiro atoms. The fourth-order valence-electron chi connectivity index (χ4n) is 4.01. The Hall–Kier alpha value is -4.13. The summed E-state index contributed by atoms with van der Waals surface area (Å²) in [6, 6.07) is 20.5. The lowest BCUT2D eigenvalue weighted by atomic mass is 10.1. The van der Waals surface area contributed by atoms with Crippen LogP contribution in [0.2, 0.25) is 0 Å². The molecule has 0 aliphatic carbocycles. The van der Waals surface area contributed by atoms with Gasteiger partial charge in [-0.25, -0.2) is 0 Å². The number of carbonyl (C=O) groups is 3. The second-order valence-corrected chi connectivity index (χ2v) is 8.79. The highest BCUT2D eigenvalue weighted by molar-refractivity contribution is 6.02. The Balaban J connectivity index is 1.36. The standard InChI is InChI=1S/C29H30N2O5/c1-20-8-6-11-26(21(20)2)35-18-25(32)23-13-14-27-24(16-23)31(29(34)19-36-27)15-7-12-28(33)30-17-22-9-4-3-5-10-22/h3-6,8-11,13-14,16H,7,12,15,17-19H2,1-2H3,(H,30,33). The van der Waals surface area contributed by atoms with E-state index >= 15 is 0 Å². The van der Waals surface area contributed by atoms with Gasteiger partial charge in [0.2, 0.25) is 5.91 Å². The zero-order valence-corrected chi connectivity index (χ0v) is 20.6. The van der Waals surface area contributed by atoms with Crippen molar-refractivity contribution in [2.24, 2.45) is 0 Å². The van der Waals surface area contributed by atoms with Crippen LogP contribution in [0, 0.1) is 13.8 Å². The number of benzene rings is 3. The number of hydrogen-bond donors (Lipinski definition) is 1. The maximum Gasteiger partial charge on any atom is 0.265 e. The van der Waals surface area contributed by atoms with E-state index in [1.165, 1.54) is 0 Å². The number of aryl methyl sites for hydroxylation is 1. The number of anilines is 1. The van der Waals surface area contributed by atoms with E-state index < -0.39 is 0 Å². The maximum absolute atomic E-state index is 12.9. The van der Waals surface area contributed by atoms with Gasteiger partial charge in [-0.1, -0.05) is 42.5 Å². The van der Waals surface area contributed by atoms with Crippen LogP contribution in [0.4, 0.5) is 5.69 Å². The quantitative estimate of drug-likeness (QED) is 0.430. The minimum atomic E-state index is -0.205. The molecule has 7 nitrogen and oxygen atoms in total. The van der Waals surface area contributed by atoms with Gasteiger partial charge in [0.25, 0.3) is 5.91 Å². The zero-order valence-electron chi connectivity index (χ0n) is 20.6. The third kappa shape index (κ3) is 6.10. The molecule has 1 N–H and O–H groups in total. The van der Waals surface area contributed by atoms with Gasteiger partial charge < -0.3 is 19.7 Å². The van der Waals surface area contributed by atoms with Gasteiger partial charge in [-0.05, 0) is 61.2 Å². The van der Waals surface area contributed by atoms with Crippen molar-refractivity contribution in [2.75, 3.05) is 24.7 Å². The second kappa shape index (κ2) is 11.5. The molecule has 1 aliphatic rings. The summed E-state index contributed by atoms with van der Waals surface area (Å²) in [6.07, 6.45) is 0.773. The van der Waals surface area contributed by atoms with E-state index in [1.54, 1.807) is 23.1 Å². The Kier molecular flexibility index (Phi) is 8.00. The average molecular weight is 487 g/mol. The Morgan fingerprint density at radius 3 is 2.64 bits per heavy atom. The number of fused-ring (bicyclic) bond motifs is 1. The maximum atomic E-state index is 12.9. The van der Waals surface area contributed by atoms with E-state index in [9.17, 15) is 14.4 Å². The lowest BCUT2D eigenvalue weighted by Crippen LogP contribution is -2.40. The van der Waals surface area contributed by atoms with E-state index in [-0.39, 0.29) is 37.2 Å². The summed E-state index contributed by atoms with van der Waals surface area (Å²) in [5, 5.41) is 2.90. The number of amides is 2. The number of nitrogens with one attached hydrogen (secondary N) is 1. The van der Waals surface area contributed by atoms with E-state index in [4.69, 9.17) is 9.47 Å². The SMILES string of the molecule is Cc1cccc(OCC(=O)c2ccc3c(c2)N(CCCC(=O)NCc2ccccc2)C(=O)CO3)c1C. The molecule has 3 aromatic rings. The summed E-state index contributed by atoms with van der Waals surface area (Å²) in [5.41, 5.74) is 4.08.